The Balaban J connectivity index is 2.37. The highest BCUT2D eigenvalue weighted by molar-refractivity contribution is 7.92. The van der Waals surface area contributed by atoms with Crippen molar-refractivity contribution in [3.63, 3.8) is 0 Å². The van der Waals surface area contributed by atoms with E-state index < -0.39 is 15.1 Å². The molecule has 2 atom stereocenters. The van der Waals surface area contributed by atoms with Gasteiger partial charge in [-0.1, -0.05) is 18.2 Å². The second-order valence-electron chi connectivity index (χ2n) is 6.30. The van der Waals surface area contributed by atoms with E-state index in [1.54, 1.807) is 4.90 Å². The number of carbonyl (C=O) groups excluding carboxylic acids is 1. The van der Waals surface area contributed by atoms with Crippen LogP contribution < -0.4 is 0 Å². The summed E-state index contributed by atoms with van der Waals surface area (Å²) >= 11 is 0. The van der Waals surface area contributed by atoms with Crippen molar-refractivity contribution in [3.05, 3.63) is 34.9 Å². The van der Waals surface area contributed by atoms with E-state index in [0.29, 0.717) is 6.54 Å². The first-order valence-corrected chi connectivity index (χ1v) is 9.74. The van der Waals surface area contributed by atoms with Crippen molar-refractivity contribution in [3.8, 4) is 0 Å². The zero-order valence-electron chi connectivity index (χ0n) is 13.8. The average molecular weight is 323 g/mol. The Bertz CT molecular complexity index is 666. The van der Waals surface area contributed by atoms with E-state index >= 15 is 0 Å². The number of rotatable bonds is 3. The quantitative estimate of drug-likeness (QED) is 0.859. The maximum absolute atomic E-state index is 12.7. The van der Waals surface area contributed by atoms with Crippen LogP contribution in [0.3, 0.4) is 0 Å². The van der Waals surface area contributed by atoms with Gasteiger partial charge >= 0.3 is 0 Å². The molecule has 1 amide bonds. The highest BCUT2D eigenvalue weighted by atomic mass is 32.2. The number of piperidine rings is 1. The van der Waals surface area contributed by atoms with Crippen LogP contribution in [0.4, 0.5) is 0 Å². The van der Waals surface area contributed by atoms with Crippen LogP contribution >= 0.6 is 0 Å². The van der Waals surface area contributed by atoms with E-state index in [-0.39, 0.29) is 11.9 Å². The smallest absolute Gasteiger partial charge is 0.241 e. The van der Waals surface area contributed by atoms with Crippen LogP contribution in [0.2, 0.25) is 0 Å². The molecule has 4 nitrogen and oxygen atoms in total. The molecule has 2 rings (SSSR count). The minimum absolute atomic E-state index is 0.00894. The molecule has 1 aliphatic rings. The number of nitrogens with zero attached hydrogens (tertiary/aromatic N) is 1. The molecule has 1 aromatic carbocycles. The van der Waals surface area contributed by atoms with Gasteiger partial charge in [-0.15, -0.1) is 0 Å². The Morgan fingerprint density at radius 3 is 2.59 bits per heavy atom. The Hall–Kier alpha value is -1.36. The molecule has 1 saturated heterocycles. The number of carbonyl (C=O) groups is 1. The Kier molecular flexibility index (Phi) is 4.95. The van der Waals surface area contributed by atoms with Gasteiger partial charge in [-0.25, -0.2) is 8.42 Å². The van der Waals surface area contributed by atoms with Gasteiger partial charge in [0.25, 0.3) is 0 Å². The van der Waals surface area contributed by atoms with E-state index in [0.717, 1.165) is 31.1 Å². The van der Waals surface area contributed by atoms with Gasteiger partial charge in [0.2, 0.25) is 5.91 Å². The van der Waals surface area contributed by atoms with Gasteiger partial charge in [0, 0.05) is 12.8 Å². The first kappa shape index (κ1) is 17.0. The lowest BCUT2D eigenvalue weighted by Gasteiger charge is -2.38. The summed E-state index contributed by atoms with van der Waals surface area (Å²) in [7, 11) is -3.37. The van der Waals surface area contributed by atoms with Crippen molar-refractivity contribution in [2.75, 3.05) is 12.8 Å². The number of sulfone groups is 1. The lowest BCUT2D eigenvalue weighted by Crippen LogP contribution is -2.45. The summed E-state index contributed by atoms with van der Waals surface area (Å²) in [6.45, 7) is 6.26. The predicted molar refractivity (Wildman–Crippen MR) is 88.5 cm³/mol. The summed E-state index contributed by atoms with van der Waals surface area (Å²) in [5.74, 6) is -0.270. The van der Waals surface area contributed by atoms with Crippen molar-refractivity contribution in [2.24, 2.45) is 0 Å². The Labute approximate surface area is 133 Å². The van der Waals surface area contributed by atoms with Crippen LogP contribution in [0.1, 0.15) is 48.9 Å². The molecule has 1 fully saturated rings. The number of hydrogen-bond acceptors (Lipinski definition) is 3. The van der Waals surface area contributed by atoms with Crippen molar-refractivity contribution < 1.29 is 13.2 Å². The van der Waals surface area contributed by atoms with Crippen LogP contribution in [-0.2, 0) is 14.6 Å². The zero-order valence-corrected chi connectivity index (χ0v) is 14.6. The summed E-state index contributed by atoms with van der Waals surface area (Å²) in [4.78, 5) is 14.4. The Morgan fingerprint density at radius 2 is 1.95 bits per heavy atom. The molecule has 2 unspecified atom stereocenters. The van der Waals surface area contributed by atoms with E-state index in [2.05, 4.69) is 26.0 Å². The van der Waals surface area contributed by atoms with Gasteiger partial charge in [-0.3, -0.25) is 4.79 Å². The van der Waals surface area contributed by atoms with Crippen molar-refractivity contribution >= 4 is 15.7 Å². The number of benzene rings is 1. The molecule has 22 heavy (non-hydrogen) atoms. The number of aryl methyl sites for hydroxylation is 1. The Morgan fingerprint density at radius 1 is 1.27 bits per heavy atom. The predicted octanol–water partition coefficient (Wildman–Crippen LogP) is 2.79. The lowest BCUT2D eigenvalue weighted by molar-refractivity contribution is -0.134. The molecule has 0 aromatic heterocycles. The first-order valence-electron chi connectivity index (χ1n) is 7.79. The van der Waals surface area contributed by atoms with Crippen molar-refractivity contribution in [2.45, 2.75) is 51.3 Å². The van der Waals surface area contributed by atoms with Crippen LogP contribution in [0.25, 0.3) is 0 Å². The second kappa shape index (κ2) is 6.41. The van der Waals surface area contributed by atoms with Crippen molar-refractivity contribution in [1.82, 2.24) is 4.90 Å². The summed E-state index contributed by atoms with van der Waals surface area (Å²) in [5, 5.41) is -0.974. The summed E-state index contributed by atoms with van der Waals surface area (Å²) in [6, 6.07) is 6.12. The maximum atomic E-state index is 12.7. The van der Waals surface area contributed by atoms with E-state index in [1.165, 1.54) is 18.1 Å². The molecular weight excluding hydrogens is 298 g/mol. The van der Waals surface area contributed by atoms with Crippen molar-refractivity contribution in [1.29, 1.82) is 0 Å². The molecule has 5 heteroatoms. The molecule has 0 N–H and O–H groups in total. The average Bonchev–Trinajstić information content (AvgIpc) is 2.47. The molecule has 0 aliphatic carbocycles. The molecule has 0 saturated carbocycles. The lowest BCUT2D eigenvalue weighted by atomic mass is 9.90. The highest BCUT2D eigenvalue weighted by Crippen LogP contribution is 2.34. The third-order valence-electron chi connectivity index (χ3n) is 4.78. The third-order valence-corrected chi connectivity index (χ3v) is 6.27. The molecule has 1 heterocycles. The molecule has 0 bridgehead atoms. The fourth-order valence-corrected chi connectivity index (χ4v) is 3.57. The molecule has 1 aromatic rings. The highest BCUT2D eigenvalue weighted by Gasteiger charge is 2.35. The summed E-state index contributed by atoms with van der Waals surface area (Å²) < 4.78 is 23.5. The van der Waals surface area contributed by atoms with Crippen LogP contribution in [0.5, 0.6) is 0 Å². The first-order chi connectivity index (χ1) is 10.2. The van der Waals surface area contributed by atoms with Crippen LogP contribution in [-0.4, -0.2) is 37.3 Å². The minimum Gasteiger partial charge on any atom is -0.335 e. The number of amides is 1. The largest absolute Gasteiger partial charge is 0.335 e. The monoisotopic (exact) mass is 323 g/mol. The van der Waals surface area contributed by atoms with E-state index in [9.17, 15) is 13.2 Å². The van der Waals surface area contributed by atoms with E-state index in [4.69, 9.17) is 0 Å². The fraction of sp³-hybridized carbons (Fsp3) is 0.588. The molecular formula is C17H25NO3S. The van der Waals surface area contributed by atoms with E-state index in [1.807, 2.05) is 6.07 Å². The number of hydrogen-bond donors (Lipinski definition) is 0. The second-order valence-corrected chi connectivity index (χ2v) is 8.67. The maximum Gasteiger partial charge on any atom is 0.241 e. The number of likely N-dealkylation sites (tertiary alicyclic amines) is 1. The van der Waals surface area contributed by atoms with Gasteiger partial charge in [0.15, 0.2) is 9.84 Å². The van der Waals surface area contributed by atoms with Crippen LogP contribution in [0, 0.1) is 13.8 Å². The normalized spacial score (nSPS) is 20.7. The third kappa shape index (κ3) is 3.35. The van der Waals surface area contributed by atoms with Gasteiger partial charge < -0.3 is 4.90 Å². The van der Waals surface area contributed by atoms with Gasteiger partial charge in [0.05, 0.1) is 6.04 Å². The SMILES string of the molecule is Cc1cccc(C2CCCCN2C(=O)C(C)S(C)(=O)=O)c1C. The molecule has 122 valence electrons. The van der Waals surface area contributed by atoms with Gasteiger partial charge in [0.1, 0.15) is 5.25 Å². The summed E-state index contributed by atoms with van der Waals surface area (Å²) in [6.07, 6.45) is 4.03. The zero-order chi connectivity index (χ0) is 16.5. The minimum atomic E-state index is -3.37. The molecule has 0 spiro atoms. The molecule has 1 aliphatic heterocycles. The van der Waals surface area contributed by atoms with Gasteiger partial charge in [-0.05, 0) is 56.7 Å². The fourth-order valence-electron chi connectivity index (χ4n) is 3.07. The molecule has 0 radical (unpaired) electrons. The summed E-state index contributed by atoms with van der Waals surface area (Å²) in [5.41, 5.74) is 3.54. The van der Waals surface area contributed by atoms with Gasteiger partial charge in [-0.2, -0.15) is 0 Å². The standard InChI is InChI=1S/C17H25NO3S/c1-12-8-7-9-15(13(12)2)16-10-5-6-11-18(16)17(19)14(3)22(4,20)21/h7-9,14,16H,5-6,10-11H2,1-4H3. The van der Waals surface area contributed by atoms with Crippen LogP contribution in [0.15, 0.2) is 18.2 Å². The topological polar surface area (TPSA) is 54.5 Å².